The summed E-state index contributed by atoms with van der Waals surface area (Å²) in [7, 11) is 2.11. The number of rotatable bonds is 20. The highest BCUT2D eigenvalue weighted by atomic mass is 16.2. The standard InChI is InChI=1S/C26H51N3O2/c1-3-4-5-6-7-8-9-10-12-15-20-25(30)29-23-18-19-24(29)26(31)28-22-17-14-11-13-16-21-27-2/h24,27H,3-23H2,1-2H3,(H,28,31)/p+1. The first kappa shape index (κ1) is 27.9. The van der Waals surface area contributed by atoms with E-state index in [1.807, 2.05) is 4.90 Å². The molecule has 0 aromatic rings. The summed E-state index contributed by atoms with van der Waals surface area (Å²) in [6, 6.07) is -0.226. The molecular weight excluding hydrogens is 386 g/mol. The monoisotopic (exact) mass is 438 g/mol. The topological polar surface area (TPSA) is 66.0 Å². The predicted octanol–water partition coefficient (Wildman–Crippen LogP) is 4.55. The van der Waals surface area contributed by atoms with E-state index >= 15 is 0 Å². The van der Waals surface area contributed by atoms with E-state index in [0.29, 0.717) is 6.42 Å². The Labute approximate surface area is 192 Å². The third-order valence-corrected chi connectivity index (χ3v) is 6.59. The van der Waals surface area contributed by atoms with Gasteiger partial charge in [0.2, 0.25) is 11.8 Å². The first-order valence-electron chi connectivity index (χ1n) is 13.6. The molecule has 5 nitrogen and oxygen atoms in total. The number of hydrogen-bond acceptors (Lipinski definition) is 2. The highest BCUT2D eigenvalue weighted by Gasteiger charge is 2.33. The summed E-state index contributed by atoms with van der Waals surface area (Å²) in [5, 5.41) is 5.31. The van der Waals surface area contributed by atoms with Crippen LogP contribution < -0.4 is 10.6 Å². The molecule has 5 heteroatoms. The van der Waals surface area contributed by atoms with Gasteiger partial charge in [-0.25, -0.2) is 0 Å². The van der Waals surface area contributed by atoms with E-state index in [2.05, 4.69) is 24.6 Å². The molecule has 2 amide bonds. The van der Waals surface area contributed by atoms with Gasteiger partial charge < -0.3 is 15.5 Å². The minimum atomic E-state index is -0.226. The molecular formula is C26H52N3O2+. The van der Waals surface area contributed by atoms with Crippen LogP contribution in [0, 0.1) is 0 Å². The van der Waals surface area contributed by atoms with E-state index < -0.39 is 0 Å². The van der Waals surface area contributed by atoms with Gasteiger partial charge >= 0.3 is 0 Å². The molecule has 1 aliphatic rings. The predicted molar refractivity (Wildman–Crippen MR) is 130 cm³/mol. The molecule has 0 aromatic heterocycles. The second-order valence-corrected chi connectivity index (χ2v) is 9.43. The van der Waals surface area contributed by atoms with Gasteiger partial charge in [0.15, 0.2) is 0 Å². The second-order valence-electron chi connectivity index (χ2n) is 9.43. The maximum absolute atomic E-state index is 12.6. The van der Waals surface area contributed by atoms with Crippen molar-refractivity contribution in [1.29, 1.82) is 0 Å². The number of nitrogens with one attached hydrogen (secondary N) is 1. The molecule has 3 N–H and O–H groups in total. The minimum absolute atomic E-state index is 0.0644. The Bertz CT molecular complexity index is 456. The number of unbranched alkanes of at least 4 members (excludes halogenated alkanes) is 13. The number of nitrogens with zero attached hydrogens (tertiary/aromatic N) is 1. The van der Waals surface area contributed by atoms with E-state index in [9.17, 15) is 9.59 Å². The lowest BCUT2D eigenvalue weighted by Crippen LogP contribution is -2.79. The molecule has 1 saturated heterocycles. The largest absolute Gasteiger partial charge is 0.354 e. The fourth-order valence-electron chi connectivity index (χ4n) is 4.58. The molecule has 0 aromatic carbocycles. The highest BCUT2D eigenvalue weighted by Crippen LogP contribution is 2.20. The zero-order chi connectivity index (χ0) is 22.6. The molecule has 1 heterocycles. The fraction of sp³-hybridized carbons (Fsp3) is 0.923. The number of quaternary nitrogens is 1. The van der Waals surface area contributed by atoms with Crippen molar-refractivity contribution in [1.82, 2.24) is 10.2 Å². The van der Waals surface area contributed by atoms with Crippen molar-refractivity contribution in [2.24, 2.45) is 0 Å². The fourth-order valence-corrected chi connectivity index (χ4v) is 4.58. The zero-order valence-corrected chi connectivity index (χ0v) is 20.8. The number of amides is 2. The molecule has 1 rings (SSSR count). The molecule has 0 bridgehead atoms. The molecule has 1 atom stereocenters. The van der Waals surface area contributed by atoms with E-state index in [0.717, 1.165) is 45.2 Å². The molecule has 0 aliphatic carbocycles. The first-order chi connectivity index (χ1) is 15.2. The Hall–Kier alpha value is -1.10. The van der Waals surface area contributed by atoms with Crippen LogP contribution in [0.2, 0.25) is 0 Å². The van der Waals surface area contributed by atoms with E-state index in [1.54, 1.807) is 0 Å². The quantitative estimate of drug-likeness (QED) is 0.274. The lowest BCUT2D eigenvalue weighted by molar-refractivity contribution is -0.627. The molecule has 0 spiro atoms. The van der Waals surface area contributed by atoms with Crippen molar-refractivity contribution in [2.75, 3.05) is 26.7 Å². The highest BCUT2D eigenvalue weighted by molar-refractivity contribution is 5.88. The Morgan fingerprint density at radius 1 is 0.839 bits per heavy atom. The van der Waals surface area contributed by atoms with Crippen LogP contribution in [0.5, 0.6) is 0 Å². The average molecular weight is 439 g/mol. The van der Waals surface area contributed by atoms with Gasteiger partial charge in [0.1, 0.15) is 6.04 Å². The van der Waals surface area contributed by atoms with Gasteiger partial charge in [-0.15, -0.1) is 0 Å². The van der Waals surface area contributed by atoms with Gasteiger partial charge in [-0.3, -0.25) is 9.59 Å². The first-order valence-corrected chi connectivity index (χ1v) is 13.6. The van der Waals surface area contributed by atoms with Gasteiger partial charge in [-0.05, 0) is 38.5 Å². The van der Waals surface area contributed by atoms with Crippen LogP contribution in [-0.2, 0) is 9.59 Å². The molecule has 182 valence electrons. The van der Waals surface area contributed by atoms with Crippen LogP contribution >= 0.6 is 0 Å². The number of likely N-dealkylation sites (tertiary alicyclic amines) is 1. The molecule has 1 unspecified atom stereocenters. The van der Waals surface area contributed by atoms with Crippen LogP contribution in [0.3, 0.4) is 0 Å². The second kappa shape index (κ2) is 19.6. The van der Waals surface area contributed by atoms with E-state index in [4.69, 9.17) is 0 Å². The molecule has 1 fully saturated rings. The summed E-state index contributed by atoms with van der Waals surface area (Å²) in [6.07, 6.45) is 21.2. The smallest absolute Gasteiger partial charge is 0.242 e. The van der Waals surface area contributed by atoms with Gasteiger partial charge in [0.25, 0.3) is 0 Å². The van der Waals surface area contributed by atoms with Gasteiger partial charge in [0.05, 0.1) is 13.6 Å². The van der Waals surface area contributed by atoms with E-state index in [-0.39, 0.29) is 17.9 Å². The number of hydrogen-bond donors (Lipinski definition) is 2. The Morgan fingerprint density at radius 3 is 2.06 bits per heavy atom. The number of nitrogens with two attached hydrogens (primary N) is 1. The zero-order valence-electron chi connectivity index (χ0n) is 20.8. The Morgan fingerprint density at radius 2 is 1.42 bits per heavy atom. The van der Waals surface area contributed by atoms with Crippen LogP contribution in [0.15, 0.2) is 0 Å². The SMILES string of the molecule is CCCCCCCCCCCCC(=O)N1CCCC1C(=O)NCCCCCCC[NH2+]C. The van der Waals surface area contributed by atoms with Crippen molar-refractivity contribution in [3.8, 4) is 0 Å². The minimum Gasteiger partial charge on any atom is -0.354 e. The van der Waals surface area contributed by atoms with E-state index in [1.165, 1.54) is 83.6 Å². The summed E-state index contributed by atoms with van der Waals surface area (Å²) in [5.41, 5.74) is 0. The van der Waals surface area contributed by atoms with Crippen molar-refractivity contribution >= 4 is 11.8 Å². The Kier molecular flexibility index (Phi) is 17.6. The van der Waals surface area contributed by atoms with Crippen LogP contribution in [0.4, 0.5) is 0 Å². The average Bonchev–Trinajstić information content (AvgIpc) is 3.27. The maximum atomic E-state index is 12.6. The van der Waals surface area contributed by atoms with Crippen LogP contribution in [0.1, 0.15) is 122 Å². The maximum Gasteiger partial charge on any atom is 0.242 e. The summed E-state index contributed by atoms with van der Waals surface area (Å²) in [4.78, 5) is 27.1. The molecule has 31 heavy (non-hydrogen) atoms. The Balaban J connectivity index is 2.07. The molecule has 0 radical (unpaired) electrons. The third-order valence-electron chi connectivity index (χ3n) is 6.59. The van der Waals surface area contributed by atoms with Crippen molar-refractivity contribution in [2.45, 2.75) is 129 Å². The lowest BCUT2D eigenvalue weighted by atomic mass is 10.1. The van der Waals surface area contributed by atoms with Crippen LogP contribution in [0.25, 0.3) is 0 Å². The lowest BCUT2D eigenvalue weighted by Gasteiger charge is -2.24. The van der Waals surface area contributed by atoms with Crippen LogP contribution in [-0.4, -0.2) is 49.4 Å². The summed E-state index contributed by atoms with van der Waals surface area (Å²) in [5.74, 6) is 0.249. The normalized spacial score (nSPS) is 16.1. The van der Waals surface area contributed by atoms with Crippen molar-refractivity contribution < 1.29 is 14.9 Å². The summed E-state index contributed by atoms with van der Waals surface area (Å²) < 4.78 is 0. The molecule has 0 saturated carbocycles. The van der Waals surface area contributed by atoms with Gasteiger partial charge in [-0.2, -0.15) is 0 Å². The summed E-state index contributed by atoms with van der Waals surface area (Å²) in [6.45, 7) is 4.97. The number of carbonyl (C=O) groups is 2. The van der Waals surface area contributed by atoms with Gasteiger partial charge in [0, 0.05) is 19.5 Å². The molecule has 1 aliphatic heterocycles. The summed E-state index contributed by atoms with van der Waals surface area (Å²) >= 11 is 0. The third kappa shape index (κ3) is 13.8. The van der Waals surface area contributed by atoms with Gasteiger partial charge in [-0.1, -0.05) is 77.6 Å². The van der Waals surface area contributed by atoms with Crippen molar-refractivity contribution in [3.63, 3.8) is 0 Å². The number of carbonyl (C=O) groups excluding carboxylic acids is 2. The van der Waals surface area contributed by atoms with Crippen molar-refractivity contribution in [3.05, 3.63) is 0 Å².